The highest BCUT2D eigenvalue weighted by molar-refractivity contribution is 5.98. The Bertz CT molecular complexity index is 829. The summed E-state index contributed by atoms with van der Waals surface area (Å²) in [7, 11) is 0. The van der Waals surface area contributed by atoms with E-state index in [1.54, 1.807) is 6.92 Å². The highest BCUT2D eigenvalue weighted by Crippen LogP contribution is 2.60. The number of anilines is 1. The van der Waals surface area contributed by atoms with E-state index in [1.165, 1.54) is 11.1 Å². The van der Waals surface area contributed by atoms with Gasteiger partial charge in [0.25, 0.3) is 0 Å². The van der Waals surface area contributed by atoms with Gasteiger partial charge in [-0.25, -0.2) is 0 Å². The lowest BCUT2D eigenvalue weighted by molar-refractivity contribution is -0.148. The minimum Gasteiger partial charge on any atom is -0.364 e. The number of rotatable bonds is 2. The Labute approximate surface area is 154 Å². The Hall–Kier alpha value is -2.30. The molecule has 3 heterocycles. The van der Waals surface area contributed by atoms with Crippen LogP contribution in [0.15, 0.2) is 30.4 Å². The molecule has 5 heteroatoms. The molecule has 0 bridgehead atoms. The number of amides is 2. The topological polar surface area (TPSA) is 61.4 Å². The Morgan fingerprint density at radius 3 is 2.69 bits per heavy atom. The molecule has 0 aliphatic carbocycles. The highest BCUT2D eigenvalue weighted by Gasteiger charge is 2.66. The number of aryl methyl sites for hydroxylation is 1. The van der Waals surface area contributed by atoms with Crippen molar-refractivity contribution in [1.82, 2.24) is 10.2 Å². The van der Waals surface area contributed by atoms with Crippen molar-refractivity contribution in [2.75, 3.05) is 5.32 Å². The lowest BCUT2D eigenvalue weighted by Gasteiger charge is -2.44. The number of hydrogen-bond acceptors (Lipinski definition) is 3. The molecule has 2 N–H and O–H groups in total. The van der Waals surface area contributed by atoms with E-state index in [1.807, 2.05) is 11.8 Å². The molecule has 1 aromatic rings. The van der Waals surface area contributed by atoms with Crippen LogP contribution in [0.25, 0.3) is 0 Å². The van der Waals surface area contributed by atoms with E-state index >= 15 is 0 Å². The van der Waals surface area contributed by atoms with Crippen LogP contribution >= 0.6 is 0 Å². The maximum absolute atomic E-state index is 13.0. The molecule has 4 atom stereocenters. The highest BCUT2D eigenvalue weighted by atomic mass is 16.2. The van der Waals surface area contributed by atoms with Gasteiger partial charge in [-0.2, -0.15) is 0 Å². The smallest absolute Gasteiger partial charge is 0.247 e. The van der Waals surface area contributed by atoms with Crippen LogP contribution in [0, 0.1) is 12.3 Å². The van der Waals surface area contributed by atoms with E-state index < -0.39 is 12.1 Å². The molecule has 138 valence electrons. The Balaban J connectivity index is 1.95. The number of benzene rings is 1. The zero-order valence-electron chi connectivity index (χ0n) is 16.1. The number of fused-ring (bicyclic) bond motifs is 5. The van der Waals surface area contributed by atoms with Crippen molar-refractivity contribution in [3.05, 3.63) is 41.5 Å². The number of piperazine rings is 1. The standard InChI is InChI=1S/C21H27N3O2/c1-6-9-20(4,5)21-11-16-17(25)22-13(3)18(26)24(16)19(21)23-15-8-7-12(2)10-14(15)21/h6-10,13,16,19,23H,11H2,1-5H3,(H,22,25)/b9-6+/t13-,16+,19+,21-/m1/s1. The summed E-state index contributed by atoms with van der Waals surface area (Å²) in [6.45, 7) is 10.3. The van der Waals surface area contributed by atoms with Crippen LogP contribution < -0.4 is 10.6 Å². The molecule has 3 aliphatic rings. The van der Waals surface area contributed by atoms with Crippen LogP contribution in [0.3, 0.4) is 0 Å². The summed E-state index contributed by atoms with van der Waals surface area (Å²) in [6.07, 6.45) is 4.70. The Kier molecular flexibility index (Phi) is 3.52. The summed E-state index contributed by atoms with van der Waals surface area (Å²) in [4.78, 5) is 27.5. The van der Waals surface area contributed by atoms with Gasteiger partial charge in [0.2, 0.25) is 11.8 Å². The molecule has 0 radical (unpaired) electrons. The second-order valence-corrected chi connectivity index (χ2v) is 8.48. The van der Waals surface area contributed by atoms with Crippen molar-refractivity contribution < 1.29 is 9.59 Å². The van der Waals surface area contributed by atoms with Gasteiger partial charge in [-0.05, 0) is 44.2 Å². The van der Waals surface area contributed by atoms with Crippen LogP contribution in [0.4, 0.5) is 5.69 Å². The average molecular weight is 353 g/mol. The van der Waals surface area contributed by atoms with Gasteiger partial charge in [0.1, 0.15) is 18.2 Å². The summed E-state index contributed by atoms with van der Waals surface area (Å²) in [6, 6.07) is 5.51. The molecule has 2 amide bonds. The third kappa shape index (κ3) is 1.97. The van der Waals surface area contributed by atoms with Gasteiger partial charge < -0.3 is 15.5 Å². The summed E-state index contributed by atoms with van der Waals surface area (Å²) < 4.78 is 0. The summed E-state index contributed by atoms with van der Waals surface area (Å²) in [5, 5.41) is 6.44. The van der Waals surface area contributed by atoms with Crippen molar-refractivity contribution in [1.29, 1.82) is 0 Å². The van der Waals surface area contributed by atoms with E-state index in [4.69, 9.17) is 0 Å². The van der Waals surface area contributed by atoms with Crippen LogP contribution in [0.1, 0.15) is 45.2 Å². The fraction of sp³-hybridized carbons (Fsp3) is 0.524. The molecule has 5 nitrogen and oxygen atoms in total. The van der Waals surface area contributed by atoms with Gasteiger partial charge in [-0.1, -0.05) is 43.7 Å². The molecule has 0 spiro atoms. The number of carbonyl (C=O) groups excluding carboxylic acids is 2. The Morgan fingerprint density at radius 2 is 2.00 bits per heavy atom. The third-order valence-electron chi connectivity index (χ3n) is 6.56. The molecule has 3 aliphatic heterocycles. The second kappa shape index (κ2) is 5.35. The van der Waals surface area contributed by atoms with Gasteiger partial charge in [0, 0.05) is 11.1 Å². The number of allylic oxidation sites excluding steroid dienone is 2. The quantitative estimate of drug-likeness (QED) is 0.804. The van der Waals surface area contributed by atoms with E-state index in [0.717, 1.165) is 5.69 Å². The summed E-state index contributed by atoms with van der Waals surface area (Å²) in [5.41, 5.74) is 2.91. The first-order valence-electron chi connectivity index (χ1n) is 9.37. The molecular weight excluding hydrogens is 326 g/mol. The minimum atomic E-state index is -0.480. The number of nitrogens with one attached hydrogen (secondary N) is 2. The summed E-state index contributed by atoms with van der Waals surface area (Å²) >= 11 is 0. The minimum absolute atomic E-state index is 0.00483. The van der Waals surface area contributed by atoms with E-state index in [2.05, 4.69) is 61.8 Å². The van der Waals surface area contributed by atoms with Gasteiger partial charge in [-0.15, -0.1) is 0 Å². The van der Waals surface area contributed by atoms with Gasteiger partial charge in [-0.3, -0.25) is 9.59 Å². The molecule has 0 unspecified atom stereocenters. The van der Waals surface area contributed by atoms with Crippen LogP contribution in [0.5, 0.6) is 0 Å². The zero-order valence-corrected chi connectivity index (χ0v) is 16.1. The van der Waals surface area contributed by atoms with Crippen LogP contribution in [0.2, 0.25) is 0 Å². The number of carbonyl (C=O) groups is 2. The van der Waals surface area contributed by atoms with Crippen molar-refractivity contribution in [3.63, 3.8) is 0 Å². The van der Waals surface area contributed by atoms with Crippen LogP contribution in [-0.4, -0.2) is 35.0 Å². The third-order valence-corrected chi connectivity index (χ3v) is 6.56. The Morgan fingerprint density at radius 1 is 1.27 bits per heavy atom. The van der Waals surface area contributed by atoms with E-state index in [0.29, 0.717) is 6.42 Å². The predicted molar refractivity (Wildman–Crippen MR) is 102 cm³/mol. The second-order valence-electron chi connectivity index (χ2n) is 8.48. The predicted octanol–water partition coefficient (Wildman–Crippen LogP) is 2.71. The largest absolute Gasteiger partial charge is 0.364 e. The monoisotopic (exact) mass is 353 g/mol. The SMILES string of the molecule is C/C=C/C(C)(C)[C@@]12C[C@H]3C(=O)N[C@H](C)C(=O)N3[C@@H]1Nc1ccc(C)cc12. The summed E-state index contributed by atoms with van der Waals surface area (Å²) in [5.74, 6) is -0.0482. The fourth-order valence-electron chi connectivity index (χ4n) is 5.31. The molecule has 26 heavy (non-hydrogen) atoms. The molecule has 1 aromatic carbocycles. The molecule has 2 fully saturated rings. The first-order chi connectivity index (χ1) is 12.2. The molecule has 0 saturated carbocycles. The average Bonchev–Trinajstić information content (AvgIpc) is 3.06. The van der Waals surface area contributed by atoms with Gasteiger partial charge in [0.05, 0.1) is 0 Å². The van der Waals surface area contributed by atoms with Crippen LogP contribution in [-0.2, 0) is 15.0 Å². The molecule has 2 saturated heterocycles. The molecule has 0 aromatic heterocycles. The van der Waals surface area contributed by atoms with Crippen molar-refractivity contribution >= 4 is 17.5 Å². The number of nitrogens with zero attached hydrogens (tertiary/aromatic N) is 1. The van der Waals surface area contributed by atoms with E-state index in [-0.39, 0.29) is 28.8 Å². The molecular formula is C21H27N3O2. The number of hydrogen-bond donors (Lipinski definition) is 2. The van der Waals surface area contributed by atoms with Crippen molar-refractivity contribution in [3.8, 4) is 0 Å². The van der Waals surface area contributed by atoms with E-state index in [9.17, 15) is 9.59 Å². The lowest BCUT2D eigenvalue weighted by atomic mass is 9.60. The fourth-order valence-corrected chi connectivity index (χ4v) is 5.31. The van der Waals surface area contributed by atoms with Crippen molar-refractivity contribution in [2.45, 2.75) is 64.7 Å². The van der Waals surface area contributed by atoms with Gasteiger partial charge >= 0.3 is 0 Å². The maximum atomic E-state index is 13.0. The normalized spacial score (nSPS) is 33.0. The zero-order chi connectivity index (χ0) is 18.9. The first-order valence-corrected chi connectivity index (χ1v) is 9.37. The lowest BCUT2D eigenvalue weighted by Crippen LogP contribution is -2.63. The van der Waals surface area contributed by atoms with Gasteiger partial charge in [0.15, 0.2) is 0 Å². The first kappa shape index (κ1) is 17.1. The van der Waals surface area contributed by atoms with Crippen molar-refractivity contribution in [2.24, 2.45) is 5.41 Å². The molecule has 4 rings (SSSR count). The maximum Gasteiger partial charge on any atom is 0.247 e.